The number of nitrogens with zero attached hydrogens (tertiary/aromatic N) is 3. The van der Waals surface area contributed by atoms with Gasteiger partial charge in [0.25, 0.3) is 5.91 Å². The maximum absolute atomic E-state index is 13.1. The largest absolute Gasteiger partial charge is 0.497 e. The number of ether oxygens (including phenoxy) is 2. The minimum absolute atomic E-state index is 0.0505. The van der Waals surface area contributed by atoms with E-state index < -0.39 is 0 Å². The molecule has 1 N–H and O–H groups in total. The first-order valence-electron chi connectivity index (χ1n) is 9.84. The lowest BCUT2D eigenvalue weighted by molar-refractivity contribution is 0.0725. The first kappa shape index (κ1) is 19.1. The summed E-state index contributed by atoms with van der Waals surface area (Å²) < 4.78 is 12.8. The van der Waals surface area contributed by atoms with Gasteiger partial charge in [-0.15, -0.1) is 0 Å². The molecule has 7 nitrogen and oxygen atoms in total. The van der Waals surface area contributed by atoms with Gasteiger partial charge in [0.2, 0.25) is 0 Å². The average molecular weight is 394 g/mol. The molecule has 152 valence electrons. The van der Waals surface area contributed by atoms with Crippen LogP contribution in [0.5, 0.6) is 11.5 Å². The molecule has 1 aromatic carbocycles. The van der Waals surface area contributed by atoms with E-state index in [9.17, 15) is 4.79 Å². The standard InChI is InChI=1S/C22H26N4O3/c1-25-12-9-16-20(25)17(22(27)26-10-5-4-6-11-26)14-23-21(16)24-18-13-15(28-2)7-8-19(18)29-3/h7-9,12-14H,4-6,10-11H2,1-3H3,(H,23,24). The second-order valence-corrected chi connectivity index (χ2v) is 7.25. The predicted octanol–water partition coefficient (Wildman–Crippen LogP) is 3.96. The van der Waals surface area contributed by atoms with Gasteiger partial charge in [-0.1, -0.05) is 0 Å². The molecule has 1 fully saturated rings. The van der Waals surface area contributed by atoms with Crippen molar-refractivity contribution in [1.29, 1.82) is 0 Å². The van der Waals surface area contributed by atoms with Gasteiger partial charge in [-0.2, -0.15) is 0 Å². The summed E-state index contributed by atoms with van der Waals surface area (Å²) in [6, 6.07) is 7.53. The number of rotatable bonds is 5. The molecule has 0 spiro atoms. The Morgan fingerprint density at radius 3 is 2.62 bits per heavy atom. The number of hydrogen-bond acceptors (Lipinski definition) is 5. The molecule has 7 heteroatoms. The van der Waals surface area contributed by atoms with Crippen LogP contribution in [0.2, 0.25) is 0 Å². The third-order valence-electron chi connectivity index (χ3n) is 5.44. The maximum Gasteiger partial charge on any atom is 0.257 e. The van der Waals surface area contributed by atoms with E-state index in [1.807, 2.05) is 47.0 Å². The lowest BCUT2D eigenvalue weighted by atomic mass is 10.1. The van der Waals surface area contributed by atoms with Crippen LogP contribution in [-0.4, -0.2) is 47.7 Å². The Bertz CT molecular complexity index is 1040. The number of likely N-dealkylation sites (tertiary alicyclic amines) is 1. The van der Waals surface area contributed by atoms with Gasteiger partial charge in [0.1, 0.15) is 17.3 Å². The second-order valence-electron chi connectivity index (χ2n) is 7.25. The van der Waals surface area contributed by atoms with Crippen molar-refractivity contribution in [2.24, 2.45) is 7.05 Å². The van der Waals surface area contributed by atoms with E-state index in [2.05, 4.69) is 10.3 Å². The van der Waals surface area contributed by atoms with Gasteiger partial charge in [-0.3, -0.25) is 4.79 Å². The van der Waals surface area contributed by atoms with Crippen LogP contribution < -0.4 is 14.8 Å². The number of nitrogens with one attached hydrogen (secondary N) is 1. The van der Waals surface area contributed by atoms with Gasteiger partial charge in [0.15, 0.2) is 0 Å². The third kappa shape index (κ3) is 3.60. The molecule has 0 saturated carbocycles. The Hall–Kier alpha value is -3.22. The molecule has 1 aliphatic heterocycles. The summed E-state index contributed by atoms with van der Waals surface area (Å²) >= 11 is 0. The fourth-order valence-electron chi connectivity index (χ4n) is 3.88. The number of carbonyl (C=O) groups excluding carboxylic acids is 1. The van der Waals surface area contributed by atoms with Crippen LogP contribution >= 0.6 is 0 Å². The molecule has 4 rings (SSSR count). The van der Waals surface area contributed by atoms with Crippen molar-refractivity contribution in [2.75, 3.05) is 32.6 Å². The van der Waals surface area contributed by atoms with Gasteiger partial charge in [0, 0.05) is 44.0 Å². The fraction of sp³-hybridized carbons (Fsp3) is 0.364. The van der Waals surface area contributed by atoms with E-state index in [0.717, 1.165) is 48.3 Å². The number of methoxy groups -OCH3 is 2. The third-order valence-corrected chi connectivity index (χ3v) is 5.44. The van der Waals surface area contributed by atoms with Crippen molar-refractivity contribution in [1.82, 2.24) is 14.5 Å². The monoisotopic (exact) mass is 394 g/mol. The number of hydrogen-bond donors (Lipinski definition) is 1. The summed E-state index contributed by atoms with van der Waals surface area (Å²) in [5, 5.41) is 4.23. The highest BCUT2D eigenvalue weighted by Gasteiger charge is 2.23. The summed E-state index contributed by atoms with van der Waals surface area (Å²) in [5.74, 6) is 2.12. The molecule has 0 radical (unpaired) electrons. The highest BCUT2D eigenvalue weighted by Crippen LogP contribution is 2.34. The van der Waals surface area contributed by atoms with E-state index in [1.165, 1.54) is 6.42 Å². The number of amides is 1. The van der Waals surface area contributed by atoms with Crippen molar-refractivity contribution in [2.45, 2.75) is 19.3 Å². The first-order valence-corrected chi connectivity index (χ1v) is 9.84. The highest BCUT2D eigenvalue weighted by atomic mass is 16.5. The molecule has 2 aromatic heterocycles. The van der Waals surface area contributed by atoms with Gasteiger partial charge in [-0.25, -0.2) is 4.98 Å². The number of benzene rings is 1. The second kappa shape index (κ2) is 8.03. The van der Waals surface area contributed by atoms with Gasteiger partial charge in [-0.05, 0) is 37.5 Å². The van der Waals surface area contributed by atoms with Gasteiger partial charge < -0.3 is 24.3 Å². The number of aromatic nitrogens is 2. The van der Waals surface area contributed by atoms with Crippen molar-refractivity contribution in [3.05, 3.63) is 42.2 Å². The summed E-state index contributed by atoms with van der Waals surface area (Å²) in [6.07, 6.45) is 6.93. The zero-order valence-electron chi connectivity index (χ0n) is 17.1. The van der Waals surface area contributed by atoms with Crippen molar-refractivity contribution in [3.8, 4) is 11.5 Å². The number of aryl methyl sites for hydroxylation is 1. The van der Waals surface area contributed by atoms with Crippen molar-refractivity contribution >= 4 is 28.3 Å². The zero-order chi connectivity index (χ0) is 20.4. The Balaban J connectivity index is 1.74. The van der Waals surface area contributed by atoms with E-state index in [0.29, 0.717) is 17.1 Å². The molecule has 0 aliphatic carbocycles. The summed E-state index contributed by atoms with van der Waals surface area (Å²) in [6.45, 7) is 1.62. The van der Waals surface area contributed by atoms with Crippen LogP contribution in [0.25, 0.3) is 10.9 Å². The van der Waals surface area contributed by atoms with E-state index >= 15 is 0 Å². The molecule has 1 aliphatic rings. The highest BCUT2D eigenvalue weighted by molar-refractivity contribution is 6.08. The summed E-state index contributed by atoms with van der Waals surface area (Å²) in [4.78, 5) is 19.7. The molecule has 3 heterocycles. The molecule has 29 heavy (non-hydrogen) atoms. The molecule has 1 saturated heterocycles. The molecular formula is C22H26N4O3. The summed E-state index contributed by atoms with van der Waals surface area (Å²) in [5.41, 5.74) is 2.26. The number of carbonyl (C=O) groups is 1. The van der Waals surface area contributed by atoms with Gasteiger partial charge in [0.05, 0.1) is 31.0 Å². The Morgan fingerprint density at radius 2 is 1.90 bits per heavy atom. The van der Waals surface area contributed by atoms with Crippen molar-refractivity contribution < 1.29 is 14.3 Å². The van der Waals surface area contributed by atoms with E-state index in [4.69, 9.17) is 9.47 Å². The SMILES string of the molecule is COc1ccc(OC)c(Nc2ncc(C(=O)N3CCCCC3)c3c2ccn3C)c1. The molecule has 3 aromatic rings. The first-order chi connectivity index (χ1) is 14.1. The average Bonchev–Trinajstić information content (AvgIpc) is 3.16. The molecule has 1 amide bonds. The van der Waals surface area contributed by atoms with Crippen LogP contribution in [0.15, 0.2) is 36.7 Å². The lowest BCUT2D eigenvalue weighted by Crippen LogP contribution is -2.35. The smallest absolute Gasteiger partial charge is 0.257 e. The number of pyridine rings is 1. The fourth-order valence-corrected chi connectivity index (χ4v) is 3.88. The van der Waals surface area contributed by atoms with Crippen LogP contribution in [0.4, 0.5) is 11.5 Å². The number of anilines is 2. The van der Waals surface area contributed by atoms with Crippen LogP contribution in [0.3, 0.4) is 0 Å². The predicted molar refractivity (Wildman–Crippen MR) is 113 cm³/mol. The summed E-state index contributed by atoms with van der Waals surface area (Å²) in [7, 11) is 5.20. The molecule has 0 atom stereocenters. The lowest BCUT2D eigenvalue weighted by Gasteiger charge is -2.27. The minimum atomic E-state index is 0.0505. The van der Waals surface area contributed by atoms with E-state index in [-0.39, 0.29) is 5.91 Å². The zero-order valence-corrected chi connectivity index (χ0v) is 17.1. The quantitative estimate of drug-likeness (QED) is 0.709. The number of piperidine rings is 1. The van der Waals surface area contributed by atoms with E-state index in [1.54, 1.807) is 20.4 Å². The minimum Gasteiger partial charge on any atom is -0.497 e. The molecule has 0 bridgehead atoms. The maximum atomic E-state index is 13.1. The van der Waals surface area contributed by atoms with Gasteiger partial charge >= 0.3 is 0 Å². The Labute approximate surface area is 170 Å². The van der Waals surface area contributed by atoms with Crippen LogP contribution in [0, 0.1) is 0 Å². The number of fused-ring (bicyclic) bond motifs is 1. The van der Waals surface area contributed by atoms with Crippen molar-refractivity contribution in [3.63, 3.8) is 0 Å². The Kier molecular flexibility index (Phi) is 5.29. The normalized spacial score (nSPS) is 14.1. The molecular weight excluding hydrogens is 368 g/mol. The van der Waals surface area contributed by atoms with Crippen LogP contribution in [-0.2, 0) is 7.05 Å². The molecule has 0 unspecified atom stereocenters. The Morgan fingerprint density at radius 1 is 1.10 bits per heavy atom. The topological polar surface area (TPSA) is 68.6 Å². The van der Waals surface area contributed by atoms with Crippen LogP contribution in [0.1, 0.15) is 29.6 Å².